The first kappa shape index (κ1) is 13.6. The number of halogens is 1. The Hall–Kier alpha value is -1.35. The predicted octanol–water partition coefficient (Wildman–Crippen LogP) is 3.53. The average Bonchev–Trinajstić information content (AvgIpc) is 2.96. The molecule has 1 saturated heterocycles. The van der Waals surface area contributed by atoms with Gasteiger partial charge in [-0.05, 0) is 30.2 Å². The minimum absolute atomic E-state index is 0.388. The van der Waals surface area contributed by atoms with Crippen molar-refractivity contribution in [3.05, 3.63) is 70.7 Å². The van der Waals surface area contributed by atoms with Crippen LogP contribution in [0.4, 0.5) is 0 Å². The molecule has 0 radical (unpaired) electrons. The fourth-order valence-corrected chi connectivity index (χ4v) is 3.02. The van der Waals surface area contributed by atoms with Gasteiger partial charge in [-0.1, -0.05) is 60.1 Å². The molecule has 2 unspecified atom stereocenters. The van der Waals surface area contributed by atoms with Crippen molar-refractivity contribution in [3.63, 3.8) is 0 Å². The minimum Gasteiger partial charge on any atom is -0.309 e. The Labute approximate surface area is 125 Å². The van der Waals surface area contributed by atoms with Gasteiger partial charge in [0.05, 0.1) is 0 Å². The molecule has 1 aliphatic heterocycles. The van der Waals surface area contributed by atoms with Crippen LogP contribution in [-0.4, -0.2) is 12.6 Å². The van der Waals surface area contributed by atoms with Gasteiger partial charge in [0.15, 0.2) is 0 Å². The van der Waals surface area contributed by atoms with Gasteiger partial charge in [-0.3, -0.25) is 0 Å². The summed E-state index contributed by atoms with van der Waals surface area (Å²) >= 11 is 6.21. The summed E-state index contributed by atoms with van der Waals surface area (Å²) in [5.74, 6) is 0. The second-order valence-electron chi connectivity index (χ2n) is 5.21. The van der Waals surface area contributed by atoms with E-state index < -0.39 is 0 Å². The van der Waals surface area contributed by atoms with E-state index in [0.717, 1.165) is 30.1 Å². The molecule has 2 atom stereocenters. The third-order valence-electron chi connectivity index (χ3n) is 3.89. The molecule has 0 amide bonds. The van der Waals surface area contributed by atoms with Gasteiger partial charge >= 0.3 is 0 Å². The van der Waals surface area contributed by atoms with Crippen molar-refractivity contribution in [3.8, 4) is 0 Å². The van der Waals surface area contributed by atoms with Gasteiger partial charge in [-0.2, -0.15) is 0 Å². The molecule has 0 aromatic heterocycles. The maximum atomic E-state index is 6.21. The molecular weight excluding hydrogens is 268 g/mol. The molecule has 0 spiro atoms. The first-order valence-corrected chi connectivity index (χ1v) is 7.47. The van der Waals surface area contributed by atoms with E-state index in [1.807, 2.05) is 18.2 Å². The van der Waals surface area contributed by atoms with Gasteiger partial charge in [0.2, 0.25) is 0 Å². The molecule has 1 aliphatic rings. The molecule has 104 valence electrons. The fourth-order valence-electron chi connectivity index (χ4n) is 2.82. The zero-order chi connectivity index (χ0) is 13.8. The van der Waals surface area contributed by atoms with E-state index in [4.69, 9.17) is 11.6 Å². The molecule has 2 nitrogen and oxygen atoms in total. The molecule has 0 saturated carbocycles. The summed E-state index contributed by atoms with van der Waals surface area (Å²) in [5, 5.41) is 8.05. The van der Waals surface area contributed by atoms with Crippen LogP contribution in [0.5, 0.6) is 0 Å². The zero-order valence-electron chi connectivity index (χ0n) is 11.4. The number of rotatable bonds is 4. The molecule has 0 aliphatic carbocycles. The lowest BCUT2D eigenvalue weighted by Gasteiger charge is -2.21. The first-order valence-electron chi connectivity index (χ1n) is 7.10. The van der Waals surface area contributed by atoms with Crippen LogP contribution in [-0.2, 0) is 6.54 Å². The van der Waals surface area contributed by atoms with Gasteiger partial charge in [0.1, 0.15) is 0 Å². The largest absolute Gasteiger partial charge is 0.309 e. The van der Waals surface area contributed by atoms with Crippen molar-refractivity contribution in [1.29, 1.82) is 0 Å². The van der Waals surface area contributed by atoms with E-state index in [-0.39, 0.29) is 0 Å². The highest BCUT2D eigenvalue weighted by atomic mass is 35.5. The topological polar surface area (TPSA) is 24.1 Å². The average molecular weight is 287 g/mol. The van der Waals surface area contributed by atoms with Crippen molar-refractivity contribution in [2.24, 2.45) is 0 Å². The molecule has 1 fully saturated rings. The second-order valence-corrected chi connectivity index (χ2v) is 5.62. The Morgan fingerprint density at radius 2 is 1.80 bits per heavy atom. The highest BCUT2D eigenvalue weighted by Crippen LogP contribution is 2.24. The van der Waals surface area contributed by atoms with E-state index in [1.165, 1.54) is 5.56 Å². The van der Waals surface area contributed by atoms with E-state index in [1.54, 1.807) is 0 Å². The lowest BCUT2D eigenvalue weighted by molar-refractivity contribution is 0.461. The Morgan fingerprint density at radius 3 is 2.60 bits per heavy atom. The summed E-state index contributed by atoms with van der Waals surface area (Å²) in [6, 6.07) is 19.5. The third kappa shape index (κ3) is 3.04. The number of benzene rings is 2. The highest BCUT2D eigenvalue weighted by molar-refractivity contribution is 6.31. The van der Waals surface area contributed by atoms with Crippen molar-refractivity contribution in [2.45, 2.75) is 25.0 Å². The summed E-state index contributed by atoms with van der Waals surface area (Å²) in [6.45, 7) is 1.87. The predicted molar refractivity (Wildman–Crippen MR) is 83.9 cm³/mol. The molecule has 0 bridgehead atoms. The van der Waals surface area contributed by atoms with Crippen LogP contribution in [0.3, 0.4) is 0 Å². The molecule has 2 aromatic carbocycles. The lowest BCUT2D eigenvalue weighted by atomic mass is 10.0. The standard InChI is InChI=1S/C17H19ClN2/c18-15-9-5-4-8-14(15)12-20-16-10-11-19-17(16)13-6-2-1-3-7-13/h1-9,16-17,19-20H,10-12H2. The summed E-state index contributed by atoms with van der Waals surface area (Å²) in [6.07, 6.45) is 1.14. The number of hydrogen-bond donors (Lipinski definition) is 2. The maximum absolute atomic E-state index is 6.21. The van der Waals surface area contributed by atoms with Crippen LogP contribution in [0, 0.1) is 0 Å². The Kier molecular flexibility index (Phi) is 4.36. The SMILES string of the molecule is Clc1ccccc1CNC1CCNC1c1ccccc1. The summed E-state index contributed by atoms with van der Waals surface area (Å²) in [5.41, 5.74) is 2.51. The quantitative estimate of drug-likeness (QED) is 0.898. The van der Waals surface area contributed by atoms with Crippen molar-refractivity contribution < 1.29 is 0 Å². The van der Waals surface area contributed by atoms with Gasteiger partial charge in [-0.15, -0.1) is 0 Å². The van der Waals surface area contributed by atoms with Gasteiger partial charge < -0.3 is 10.6 Å². The molecule has 3 rings (SSSR count). The maximum Gasteiger partial charge on any atom is 0.0476 e. The van der Waals surface area contributed by atoms with Gasteiger partial charge in [-0.25, -0.2) is 0 Å². The zero-order valence-corrected chi connectivity index (χ0v) is 12.1. The first-order chi connectivity index (χ1) is 9.84. The minimum atomic E-state index is 0.388. The van der Waals surface area contributed by atoms with Crippen LogP contribution in [0.2, 0.25) is 5.02 Å². The summed E-state index contributed by atoms with van der Waals surface area (Å²) < 4.78 is 0. The smallest absolute Gasteiger partial charge is 0.0476 e. The lowest BCUT2D eigenvalue weighted by Crippen LogP contribution is -2.33. The van der Waals surface area contributed by atoms with E-state index in [2.05, 4.69) is 47.0 Å². The van der Waals surface area contributed by atoms with Gasteiger partial charge in [0.25, 0.3) is 0 Å². The monoisotopic (exact) mass is 286 g/mol. The van der Waals surface area contributed by atoms with Crippen LogP contribution in [0.1, 0.15) is 23.6 Å². The normalized spacial score (nSPS) is 22.1. The molecule has 1 heterocycles. The third-order valence-corrected chi connectivity index (χ3v) is 4.26. The van der Waals surface area contributed by atoms with Crippen LogP contribution in [0.25, 0.3) is 0 Å². The summed E-state index contributed by atoms with van der Waals surface area (Å²) in [7, 11) is 0. The second kappa shape index (κ2) is 6.40. The van der Waals surface area contributed by atoms with Crippen LogP contribution >= 0.6 is 11.6 Å². The fraction of sp³-hybridized carbons (Fsp3) is 0.294. The molecule has 2 N–H and O–H groups in total. The van der Waals surface area contributed by atoms with Crippen molar-refractivity contribution >= 4 is 11.6 Å². The van der Waals surface area contributed by atoms with E-state index >= 15 is 0 Å². The van der Waals surface area contributed by atoms with E-state index in [9.17, 15) is 0 Å². The van der Waals surface area contributed by atoms with E-state index in [0.29, 0.717) is 12.1 Å². The van der Waals surface area contributed by atoms with Crippen molar-refractivity contribution in [1.82, 2.24) is 10.6 Å². The van der Waals surface area contributed by atoms with Crippen molar-refractivity contribution in [2.75, 3.05) is 6.54 Å². The Morgan fingerprint density at radius 1 is 1.05 bits per heavy atom. The van der Waals surface area contributed by atoms with Gasteiger partial charge in [0, 0.05) is 23.7 Å². The Bertz CT molecular complexity index is 556. The highest BCUT2D eigenvalue weighted by Gasteiger charge is 2.27. The number of hydrogen-bond acceptors (Lipinski definition) is 2. The molecule has 3 heteroatoms. The summed E-state index contributed by atoms with van der Waals surface area (Å²) in [4.78, 5) is 0. The molecule has 2 aromatic rings. The van der Waals surface area contributed by atoms with Crippen LogP contribution < -0.4 is 10.6 Å². The molecular formula is C17H19ClN2. The Balaban J connectivity index is 1.67. The molecule has 20 heavy (non-hydrogen) atoms. The van der Waals surface area contributed by atoms with Crippen LogP contribution in [0.15, 0.2) is 54.6 Å². The number of nitrogens with one attached hydrogen (secondary N) is 2.